The Kier molecular flexibility index (Phi) is 6.92. The van der Waals surface area contributed by atoms with E-state index in [9.17, 15) is 19.5 Å². The normalized spacial score (nSPS) is 28.2. The van der Waals surface area contributed by atoms with E-state index in [-0.39, 0.29) is 42.3 Å². The molecule has 4 amide bonds. The van der Waals surface area contributed by atoms with Crippen molar-refractivity contribution in [2.75, 3.05) is 4.90 Å². The number of likely N-dealkylation sites (tertiary alicyclic amines) is 1. The van der Waals surface area contributed by atoms with Crippen molar-refractivity contribution in [1.29, 1.82) is 0 Å². The van der Waals surface area contributed by atoms with Crippen molar-refractivity contribution in [1.82, 2.24) is 4.90 Å². The lowest BCUT2D eigenvalue weighted by atomic mass is 9.49. The highest BCUT2D eigenvalue weighted by atomic mass is 35.5. The van der Waals surface area contributed by atoms with Gasteiger partial charge in [0.1, 0.15) is 5.75 Å². The van der Waals surface area contributed by atoms with E-state index < -0.39 is 35.0 Å². The van der Waals surface area contributed by atoms with Gasteiger partial charge in [-0.05, 0) is 65.8 Å². The average Bonchev–Trinajstić information content (AvgIpc) is 3.46. The molecule has 0 radical (unpaired) electrons. The van der Waals surface area contributed by atoms with Crippen LogP contribution in [0.15, 0.2) is 121 Å². The molecule has 4 aromatic carbocycles. The van der Waals surface area contributed by atoms with E-state index in [0.717, 1.165) is 16.7 Å². The van der Waals surface area contributed by atoms with Gasteiger partial charge in [-0.3, -0.25) is 24.1 Å². The van der Waals surface area contributed by atoms with E-state index in [1.807, 2.05) is 66.7 Å². The quantitative estimate of drug-likeness (QED) is 0.201. The van der Waals surface area contributed by atoms with Gasteiger partial charge in [0.05, 0.1) is 35.4 Å². The van der Waals surface area contributed by atoms with Gasteiger partial charge in [-0.25, -0.2) is 4.90 Å². The predicted octanol–water partition coefficient (Wildman–Crippen LogP) is 6.41. The van der Waals surface area contributed by atoms with Crippen molar-refractivity contribution in [3.63, 3.8) is 0 Å². The van der Waals surface area contributed by atoms with Crippen molar-refractivity contribution in [2.24, 2.45) is 23.7 Å². The number of halogens is 1. The fraction of sp³-hybridized carbons (Fsp3) is 0.231. The molecule has 2 aliphatic heterocycles. The molecule has 8 heteroatoms. The van der Waals surface area contributed by atoms with Gasteiger partial charge in [-0.2, -0.15) is 0 Å². The average molecular weight is 643 g/mol. The maximum Gasteiger partial charge on any atom is 0.246 e. The largest absolute Gasteiger partial charge is 0.508 e. The number of nitrogens with zero attached hydrogens (tertiary/aromatic N) is 2. The number of anilines is 1. The van der Waals surface area contributed by atoms with Gasteiger partial charge in [0.25, 0.3) is 0 Å². The highest BCUT2D eigenvalue weighted by Crippen LogP contribution is 2.64. The second-order valence-corrected chi connectivity index (χ2v) is 13.4. The summed E-state index contributed by atoms with van der Waals surface area (Å²) in [6.45, 7) is 0.187. The lowest BCUT2D eigenvalue weighted by Gasteiger charge is -2.50. The third-order valence-electron chi connectivity index (χ3n) is 10.7. The van der Waals surface area contributed by atoms with E-state index in [4.69, 9.17) is 11.6 Å². The number of hydrogen-bond acceptors (Lipinski definition) is 5. The first-order valence-corrected chi connectivity index (χ1v) is 16.3. The fourth-order valence-electron chi connectivity index (χ4n) is 8.77. The number of imide groups is 2. The smallest absolute Gasteiger partial charge is 0.246 e. The molecule has 6 unspecified atom stereocenters. The van der Waals surface area contributed by atoms with Crippen LogP contribution in [-0.2, 0) is 31.1 Å². The molecule has 1 N–H and O–H groups in total. The highest BCUT2D eigenvalue weighted by Gasteiger charge is 2.70. The Bertz CT molecular complexity index is 1960. The number of fused-ring (bicyclic) bond motifs is 4. The SMILES string of the molecule is O=C1C2CC=C3C(CC4C(=O)N(c5cccc(Cl)c5)C(=O)C4(c4ccccc4)C3c3ccc(O)cc3)C2C(=O)N1Cc1ccccc1. The molecule has 2 heterocycles. The van der Waals surface area contributed by atoms with Crippen molar-refractivity contribution >= 4 is 40.9 Å². The summed E-state index contributed by atoms with van der Waals surface area (Å²) in [6.07, 6.45) is 2.63. The molecule has 4 aliphatic rings. The zero-order chi connectivity index (χ0) is 32.4. The molecule has 3 fully saturated rings. The van der Waals surface area contributed by atoms with E-state index in [1.54, 1.807) is 48.5 Å². The zero-order valence-corrected chi connectivity index (χ0v) is 26.1. The monoisotopic (exact) mass is 642 g/mol. The molecular formula is C39H31ClN2O5. The van der Waals surface area contributed by atoms with Crippen LogP contribution in [0.25, 0.3) is 0 Å². The van der Waals surface area contributed by atoms with Crippen LogP contribution in [0.5, 0.6) is 5.75 Å². The summed E-state index contributed by atoms with van der Waals surface area (Å²) in [5, 5.41) is 10.7. The summed E-state index contributed by atoms with van der Waals surface area (Å²) in [7, 11) is 0. The van der Waals surface area contributed by atoms with Crippen molar-refractivity contribution in [3.05, 3.63) is 143 Å². The Morgan fingerprint density at radius 2 is 1.47 bits per heavy atom. The van der Waals surface area contributed by atoms with E-state index >= 15 is 4.79 Å². The molecule has 4 aromatic rings. The van der Waals surface area contributed by atoms with Gasteiger partial charge in [-0.15, -0.1) is 0 Å². The number of hydrogen-bond donors (Lipinski definition) is 1. The second-order valence-electron chi connectivity index (χ2n) is 12.9. The number of benzene rings is 4. The summed E-state index contributed by atoms with van der Waals surface area (Å²) in [5.41, 5.74) is 2.24. The minimum Gasteiger partial charge on any atom is -0.508 e. The molecule has 7 nitrogen and oxygen atoms in total. The number of phenols is 1. The van der Waals surface area contributed by atoms with Gasteiger partial charge >= 0.3 is 0 Å². The Morgan fingerprint density at radius 3 is 2.17 bits per heavy atom. The van der Waals surface area contributed by atoms with Gasteiger partial charge in [-0.1, -0.05) is 102 Å². The van der Waals surface area contributed by atoms with E-state index in [0.29, 0.717) is 22.7 Å². The third-order valence-corrected chi connectivity index (χ3v) is 10.9. The van der Waals surface area contributed by atoms with Crippen LogP contribution in [0, 0.1) is 23.7 Å². The second kappa shape index (κ2) is 11.1. The predicted molar refractivity (Wildman–Crippen MR) is 176 cm³/mol. The Balaban J connectivity index is 1.32. The molecule has 0 bridgehead atoms. The van der Waals surface area contributed by atoms with Crippen LogP contribution in [-0.4, -0.2) is 33.6 Å². The molecule has 2 saturated heterocycles. The molecule has 8 rings (SSSR count). The Morgan fingerprint density at radius 1 is 0.766 bits per heavy atom. The summed E-state index contributed by atoms with van der Waals surface area (Å²) in [6, 6.07) is 32.3. The third kappa shape index (κ3) is 4.33. The Labute approximate surface area is 277 Å². The van der Waals surface area contributed by atoms with E-state index in [1.165, 1.54) is 9.80 Å². The molecular weight excluding hydrogens is 612 g/mol. The number of allylic oxidation sites excluding steroid dienone is 2. The van der Waals surface area contributed by atoms with Crippen LogP contribution in [0.4, 0.5) is 5.69 Å². The molecule has 234 valence electrons. The molecule has 0 spiro atoms. The lowest BCUT2D eigenvalue weighted by molar-refractivity contribution is -0.141. The Hall–Kier alpha value is -5.01. The molecule has 1 saturated carbocycles. The van der Waals surface area contributed by atoms with Gasteiger partial charge in [0.15, 0.2) is 0 Å². The molecule has 6 atom stereocenters. The maximum absolute atomic E-state index is 15.2. The zero-order valence-electron chi connectivity index (χ0n) is 25.3. The van der Waals surface area contributed by atoms with Crippen molar-refractivity contribution in [2.45, 2.75) is 30.7 Å². The van der Waals surface area contributed by atoms with E-state index in [2.05, 4.69) is 0 Å². The number of rotatable bonds is 5. The van der Waals surface area contributed by atoms with Crippen LogP contribution in [0.1, 0.15) is 35.4 Å². The molecule has 47 heavy (non-hydrogen) atoms. The number of amides is 4. The van der Waals surface area contributed by atoms with Crippen LogP contribution in [0.3, 0.4) is 0 Å². The lowest BCUT2D eigenvalue weighted by Crippen LogP contribution is -2.53. The number of carbonyl (C=O) groups is 4. The van der Waals surface area contributed by atoms with Crippen LogP contribution >= 0.6 is 11.6 Å². The number of carbonyl (C=O) groups excluding carboxylic acids is 4. The molecule has 0 aromatic heterocycles. The highest BCUT2D eigenvalue weighted by molar-refractivity contribution is 6.32. The van der Waals surface area contributed by atoms with Gasteiger partial charge < -0.3 is 5.11 Å². The summed E-state index contributed by atoms with van der Waals surface area (Å²) in [5.74, 6) is -4.18. The molecule has 2 aliphatic carbocycles. The fourth-order valence-corrected chi connectivity index (χ4v) is 8.96. The number of phenolic OH excluding ortho intramolecular Hbond substituents is 1. The van der Waals surface area contributed by atoms with Crippen LogP contribution in [0.2, 0.25) is 5.02 Å². The van der Waals surface area contributed by atoms with Crippen LogP contribution < -0.4 is 4.90 Å². The number of aromatic hydroxyl groups is 1. The summed E-state index contributed by atoms with van der Waals surface area (Å²) < 4.78 is 0. The topological polar surface area (TPSA) is 95.0 Å². The minimum atomic E-state index is -1.35. The summed E-state index contributed by atoms with van der Waals surface area (Å²) >= 11 is 6.37. The van der Waals surface area contributed by atoms with Crippen molar-refractivity contribution < 1.29 is 24.3 Å². The first-order chi connectivity index (χ1) is 22.8. The minimum absolute atomic E-state index is 0.0756. The standard InChI is InChI=1S/C39H31ClN2O5/c40-26-12-7-13-27(20-26)42-36(45)32-21-31-29(18-19-30-33(31)37(46)41(35(30)44)22-23-8-3-1-4-9-23)34(24-14-16-28(43)17-15-24)39(32,38(42)47)25-10-5-2-6-11-25/h1-18,20,30-34,43H,19,21-22H2. The maximum atomic E-state index is 15.2. The van der Waals surface area contributed by atoms with Gasteiger partial charge in [0, 0.05) is 10.9 Å². The van der Waals surface area contributed by atoms with Crippen molar-refractivity contribution in [3.8, 4) is 5.75 Å². The summed E-state index contributed by atoms with van der Waals surface area (Å²) in [4.78, 5) is 60.6. The van der Waals surface area contributed by atoms with Gasteiger partial charge in [0.2, 0.25) is 23.6 Å². The first kappa shape index (κ1) is 29.4. The first-order valence-electron chi connectivity index (χ1n) is 15.9.